The second-order valence-corrected chi connectivity index (χ2v) is 6.54. The molecule has 1 amide bonds. The number of ether oxygens (including phenoxy) is 1. The van der Waals surface area contributed by atoms with Crippen molar-refractivity contribution in [1.82, 2.24) is 9.55 Å². The molecule has 0 saturated carbocycles. The Kier molecular flexibility index (Phi) is 5.36. The van der Waals surface area contributed by atoms with E-state index in [-0.39, 0.29) is 12.2 Å². The molecule has 2 rings (SSSR count). The smallest absolute Gasteiger partial charge is 0.326 e. The second kappa shape index (κ2) is 7.29. The molecular weight excluding hydrogens is 322 g/mol. The maximum atomic E-state index is 12.2. The number of hydrogen-bond acceptors (Lipinski definition) is 5. The van der Waals surface area contributed by atoms with E-state index in [4.69, 9.17) is 4.74 Å². The van der Waals surface area contributed by atoms with Crippen LogP contribution in [0.5, 0.6) is 0 Å². The molecule has 0 bridgehead atoms. The van der Waals surface area contributed by atoms with Gasteiger partial charge in [-0.05, 0) is 20.8 Å². The number of rotatable bonds is 4. The quantitative estimate of drug-likeness (QED) is 0.860. The maximum Gasteiger partial charge on any atom is 0.326 e. The molecule has 1 aromatic carbocycles. The van der Waals surface area contributed by atoms with Crippen molar-refractivity contribution in [2.24, 2.45) is 0 Å². The average Bonchev–Trinajstić information content (AvgIpc) is 2.48. The first-order chi connectivity index (χ1) is 11.7. The summed E-state index contributed by atoms with van der Waals surface area (Å²) in [5, 5.41) is 2.43. The Hall–Kier alpha value is -2.96. The Morgan fingerprint density at radius 1 is 1.20 bits per heavy atom. The van der Waals surface area contributed by atoms with E-state index in [0.29, 0.717) is 11.4 Å². The zero-order chi connectivity index (χ0) is 18.6. The van der Waals surface area contributed by atoms with E-state index < -0.39 is 23.0 Å². The standard InChI is InChI=1S/C18H21N3O4/c1-12(22)19-14-10-21(11-15(23)25-18(2,3)4)16(20-17(14)24)13-8-6-5-7-9-13/h5-10H,11H2,1-4H3,(H,19,22). The monoisotopic (exact) mass is 343 g/mol. The number of amides is 1. The van der Waals surface area contributed by atoms with Gasteiger partial charge in [-0.25, -0.2) is 0 Å². The van der Waals surface area contributed by atoms with Crippen molar-refractivity contribution >= 4 is 17.6 Å². The highest BCUT2D eigenvalue weighted by Crippen LogP contribution is 2.18. The molecule has 132 valence electrons. The van der Waals surface area contributed by atoms with Crippen LogP contribution in [-0.2, 0) is 20.9 Å². The number of hydrogen-bond donors (Lipinski definition) is 1. The van der Waals surface area contributed by atoms with Gasteiger partial charge < -0.3 is 14.6 Å². The number of esters is 1. The third-order valence-electron chi connectivity index (χ3n) is 3.06. The highest BCUT2D eigenvalue weighted by atomic mass is 16.6. The molecule has 0 aliphatic rings. The van der Waals surface area contributed by atoms with Crippen LogP contribution in [0.1, 0.15) is 27.7 Å². The molecule has 25 heavy (non-hydrogen) atoms. The molecule has 0 atom stereocenters. The lowest BCUT2D eigenvalue weighted by Crippen LogP contribution is -2.28. The Morgan fingerprint density at radius 3 is 2.40 bits per heavy atom. The van der Waals surface area contributed by atoms with Crippen molar-refractivity contribution in [3.63, 3.8) is 0 Å². The fraction of sp³-hybridized carbons (Fsp3) is 0.333. The van der Waals surface area contributed by atoms with Crippen molar-refractivity contribution in [3.05, 3.63) is 46.9 Å². The average molecular weight is 343 g/mol. The summed E-state index contributed by atoms with van der Waals surface area (Å²) in [6.07, 6.45) is 1.41. The summed E-state index contributed by atoms with van der Waals surface area (Å²) in [7, 11) is 0. The summed E-state index contributed by atoms with van der Waals surface area (Å²) >= 11 is 0. The number of carbonyl (C=O) groups is 2. The molecule has 2 aromatic rings. The number of aromatic nitrogens is 2. The van der Waals surface area contributed by atoms with Crippen LogP contribution in [0.3, 0.4) is 0 Å². The predicted molar refractivity (Wildman–Crippen MR) is 94.1 cm³/mol. The second-order valence-electron chi connectivity index (χ2n) is 6.54. The zero-order valence-corrected chi connectivity index (χ0v) is 14.7. The Morgan fingerprint density at radius 2 is 1.84 bits per heavy atom. The van der Waals surface area contributed by atoms with Gasteiger partial charge in [0.1, 0.15) is 23.7 Å². The van der Waals surface area contributed by atoms with Gasteiger partial charge in [-0.15, -0.1) is 0 Å². The highest BCUT2D eigenvalue weighted by molar-refractivity contribution is 5.88. The molecule has 0 unspecified atom stereocenters. The predicted octanol–water partition coefficient (Wildman–Crippen LogP) is 2.21. The van der Waals surface area contributed by atoms with Gasteiger partial charge >= 0.3 is 5.97 Å². The van der Waals surface area contributed by atoms with Gasteiger partial charge in [0.25, 0.3) is 5.56 Å². The molecule has 1 N–H and O–H groups in total. The van der Waals surface area contributed by atoms with E-state index in [0.717, 1.165) is 0 Å². The topological polar surface area (TPSA) is 90.3 Å². The third kappa shape index (κ3) is 5.27. The molecule has 1 aromatic heterocycles. The first-order valence-corrected chi connectivity index (χ1v) is 7.82. The first kappa shape index (κ1) is 18.4. The Balaban J connectivity index is 2.47. The van der Waals surface area contributed by atoms with E-state index in [9.17, 15) is 14.4 Å². The number of benzene rings is 1. The largest absolute Gasteiger partial charge is 0.459 e. The normalized spacial score (nSPS) is 11.0. The minimum atomic E-state index is -0.628. The van der Waals surface area contributed by atoms with Crippen molar-refractivity contribution in [2.75, 3.05) is 5.32 Å². The molecule has 0 spiro atoms. The highest BCUT2D eigenvalue weighted by Gasteiger charge is 2.19. The van der Waals surface area contributed by atoms with Gasteiger partial charge in [-0.1, -0.05) is 30.3 Å². The van der Waals surface area contributed by atoms with E-state index in [1.54, 1.807) is 45.0 Å². The number of nitrogens with one attached hydrogen (secondary N) is 1. The van der Waals surface area contributed by atoms with Gasteiger partial charge in [0.15, 0.2) is 0 Å². The molecular formula is C18H21N3O4. The van der Waals surface area contributed by atoms with Crippen LogP contribution in [0.4, 0.5) is 5.69 Å². The summed E-state index contributed by atoms with van der Waals surface area (Å²) in [6, 6.07) is 9.02. The first-order valence-electron chi connectivity index (χ1n) is 7.82. The van der Waals surface area contributed by atoms with Crippen LogP contribution in [0.25, 0.3) is 11.4 Å². The molecule has 0 aliphatic carbocycles. The summed E-state index contributed by atoms with van der Waals surface area (Å²) in [4.78, 5) is 39.6. The van der Waals surface area contributed by atoms with Crippen molar-refractivity contribution in [1.29, 1.82) is 0 Å². The van der Waals surface area contributed by atoms with Gasteiger partial charge in [0.05, 0.1) is 0 Å². The maximum absolute atomic E-state index is 12.2. The van der Waals surface area contributed by atoms with Gasteiger partial charge in [0, 0.05) is 18.7 Å². The van der Waals surface area contributed by atoms with E-state index in [1.165, 1.54) is 17.7 Å². The van der Waals surface area contributed by atoms with Crippen molar-refractivity contribution < 1.29 is 14.3 Å². The summed E-state index contributed by atoms with van der Waals surface area (Å²) in [5.41, 5.74) is -0.514. The van der Waals surface area contributed by atoms with Crippen LogP contribution >= 0.6 is 0 Å². The summed E-state index contributed by atoms with van der Waals surface area (Å²) < 4.78 is 6.83. The lowest BCUT2D eigenvalue weighted by atomic mass is 10.2. The number of nitrogens with zero attached hydrogens (tertiary/aromatic N) is 2. The molecule has 0 aliphatic heterocycles. The lowest BCUT2D eigenvalue weighted by Gasteiger charge is -2.21. The third-order valence-corrected chi connectivity index (χ3v) is 3.06. The summed E-state index contributed by atoms with van der Waals surface area (Å²) in [5.74, 6) is -0.537. The fourth-order valence-electron chi connectivity index (χ4n) is 2.22. The fourth-order valence-corrected chi connectivity index (χ4v) is 2.22. The van der Waals surface area contributed by atoms with Crippen LogP contribution < -0.4 is 10.9 Å². The minimum absolute atomic E-state index is 0.00994. The molecule has 7 heteroatoms. The number of carbonyl (C=O) groups excluding carboxylic acids is 2. The Labute approximate surface area is 145 Å². The van der Waals surface area contributed by atoms with Gasteiger partial charge in [-0.2, -0.15) is 4.98 Å². The van der Waals surface area contributed by atoms with Crippen LogP contribution in [0.2, 0.25) is 0 Å². The Bertz CT molecular complexity index is 836. The van der Waals surface area contributed by atoms with E-state index >= 15 is 0 Å². The summed E-state index contributed by atoms with van der Waals surface area (Å²) in [6.45, 7) is 6.48. The molecule has 0 saturated heterocycles. The number of anilines is 1. The van der Waals surface area contributed by atoms with Crippen molar-refractivity contribution in [3.8, 4) is 11.4 Å². The van der Waals surface area contributed by atoms with E-state index in [2.05, 4.69) is 10.3 Å². The molecule has 1 heterocycles. The van der Waals surface area contributed by atoms with Gasteiger partial charge in [0.2, 0.25) is 5.91 Å². The SMILES string of the molecule is CC(=O)Nc1cn(CC(=O)OC(C)(C)C)c(-c2ccccc2)nc1=O. The molecule has 0 fully saturated rings. The van der Waals surface area contributed by atoms with Crippen molar-refractivity contribution in [2.45, 2.75) is 39.8 Å². The molecule has 7 nitrogen and oxygen atoms in total. The minimum Gasteiger partial charge on any atom is -0.459 e. The van der Waals surface area contributed by atoms with Gasteiger partial charge in [-0.3, -0.25) is 14.4 Å². The zero-order valence-electron chi connectivity index (χ0n) is 14.7. The lowest BCUT2D eigenvalue weighted by molar-refractivity contribution is -0.155. The van der Waals surface area contributed by atoms with Crippen LogP contribution in [0, 0.1) is 0 Å². The van der Waals surface area contributed by atoms with Crippen LogP contribution in [0.15, 0.2) is 41.3 Å². The van der Waals surface area contributed by atoms with E-state index in [1.807, 2.05) is 6.07 Å². The van der Waals surface area contributed by atoms with Crippen LogP contribution in [-0.4, -0.2) is 27.0 Å². The molecule has 0 radical (unpaired) electrons.